The summed E-state index contributed by atoms with van der Waals surface area (Å²) in [6, 6.07) is 4.34. The summed E-state index contributed by atoms with van der Waals surface area (Å²) < 4.78 is 23.6. The zero-order valence-corrected chi connectivity index (χ0v) is 10.0. The number of aryl methyl sites for hydroxylation is 1. The van der Waals surface area contributed by atoms with Crippen LogP contribution in [0.3, 0.4) is 0 Å². The smallest absolute Gasteiger partial charge is 0.264 e. The van der Waals surface area contributed by atoms with E-state index < -0.39 is 0 Å². The highest BCUT2D eigenvalue weighted by Gasteiger charge is 2.06. The summed E-state index contributed by atoms with van der Waals surface area (Å²) in [6.45, 7) is 2.30. The van der Waals surface area contributed by atoms with Crippen LogP contribution in [-0.4, -0.2) is 10.1 Å². The van der Waals surface area contributed by atoms with Gasteiger partial charge in [-0.05, 0) is 17.7 Å². The zero-order valence-electron chi connectivity index (χ0n) is 10.0. The minimum atomic E-state index is -0.382. The molecule has 0 aliphatic heterocycles. The molecule has 2 N–H and O–H groups in total. The molecule has 2 rings (SSSR count). The van der Waals surface area contributed by atoms with Gasteiger partial charge in [0.05, 0.1) is 0 Å². The topological polar surface area (TPSA) is 74.2 Å². The van der Waals surface area contributed by atoms with Crippen molar-refractivity contribution in [1.82, 2.24) is 10.1 Å². The normalized spacial score (nSPS) is 10.6. The van der Waals surface area contributed by atoms with Crippen molar-refractivity contribution in [3.63, 3.8) is 0 Å². The van der Waals surface area contributed by atoms with Crippen LogP contribution in [0.5, 0.6) is 5.75 Å². The molecule has 0 aliphatic rings. The van der Waals surface area contributed by atoms with E-state index in [2.05, 4.69) is 10.1 Å². The van der Waals surface area contributed by atoms with Gasteiger partial charge in [0, 0.05) is 19.0 Å². The van der Waals surface area contributed by atoms with Gasteiger partial charge >= 0.3 is 0 Å². The second-order valence-corrected chi connectivity index (χ2v) is 3.75. The molecule has 96 valence electrons. The van der Waals surface area contributed by atoms with Crippen molar-refractivity contribution in [1.29, 1.82) is 0 Å². The molecule has 0 saturated heterocycles. The van der Waals surface area contributed by atoms with Crippen LogP contribution in [0.4, 0.5) is 4.39 Å². The Labute approximate surface area is 104 Å². The van der Waals surface area contributed by atoms with E-state index in [1.54, 1.807) is 6.07 Å². The Bertz CT molecular complexity index is 528. The van der Waals surface area contributed by atoms with E-state index in [0.29, 0.717) is 29.4 Å². The molecular weight excluding hydrogens is 237 g/mol. The summed E-state index contributed by atoms with van der Waals surface area (Å²) >= 11 is 0. The summed E-state index contributed by atoms with van der Waals surface area (Å²) in [6.07, 6.45) is 0.695. The maximum Gasteiger partial charge on any atom is 0.264 e. The number of nitrogens with zero attached hydrogens (tertiary/aromatic N) is 2. The van der Waals surface area contributed by atoms with Crippen LogP contribution in [0.2, 0.25) is 0 Å². The molecule has 0 atom stereocenters. The first-order chi connectivity index (χ1) is 8.71. The van der Waals surface area contributed by atoms with Crippen molar-refractivity contribution < 1.29 is 13.7 Å². The average molecular weight is 251 g/mol. The van der Waals surface area contributed by atoms with Crippen LogP contribution in [0.25, 0.3) is 0 Å². The van der Waals surface area contributed by atoms with Crippen LogP contribution in [0.1, 0.15) is 24.2 Å². The third kappa shape index (κ3) is 3.04. The summed E-state index contributed by atoms with van der Waals surface area (Å²) in [5.74, 6) is 1.00. The largest absolute Gasteiger partial charge is 0.484 e. The molecule has 0 unspecified atom stereocenters. The number of halogens is 1. The molecule has 5 nitrogen and oxygen atoms in total. The molecule has 1 aromatic carbocycles. The SMILES string of the molecule is CCc1noc(COc2cc(F)cc(CN)c2)n1. The van der Waals surface area contributed by atoms with Crippen LogP contribution in [0.15, 0.2) is 22.7 Å². The van der Waals surface area contributed by atoms with E-state index in [-0.39, 0.29) is 19.0 Å². The predicted octanol–water partition coefficient (Wildman–Crippen LogP) is 1.81. The number of ether oxygens (including phenoxy) is 1. The van der Waals surface area contributed by atoms with Gasteiger partial charge in [-0.1, -0.05) is 12.1 Å². The maximum atomic E-state index is 13.2. The monoisotopic (exact) mass is 251 g/mol. The van der Waals surface area contributed by atoms with Crippen molar-refractivity contribution in [2.75, 3.05) is 0 Å². The third-order valence-corrected chi connectivity index (χ3v) is 2.36. The lowest BCUT2D eigenvalue weighted by Gasteiger charge is -2.05. The van der Waals surface area contributed by atoms with E-state index >= 15 is 0 Å². The highest BCUT2D eigenvalue weighted by Crippen LogP contribution is 2.17. The molecule has 1 heterocycles. The molecule has 0 fully saturated rings. The maximum absolute atomic E-state index is 13.2. The Balaban J connectivity index is 2.03. The first-order valence-corrected chi connectivity index (χ1v) is 5.65. The lowest BCUT2D eigenvalue weighted by atomic mass is 10.2. The van der Waals surface area contributed by atoms with Crippen molar-refractivity contribution >= 4 is 0 Å². The molecule has 1 aromatic heterocycles. The molecule has 0 radical (unpaired) electrons. The Morgan fingerprint density at radius 3 is 2.89 bits per heavy atom. The highest BCUT2D eigenvalue weighted by atomic mass is 19.1. The fourth-order valence-corrected chi connectivity index (χ4v) is 1.46. The standard InChI is InChI=1S/C12H14FN3O2/c1-2-11-15-12(18-16-11)7-17-10-4-8(6-14)3-9(13)5-10/h3-5H,2,6-7,14H2,1H3. The van der Waals surface area contributed by atoms with E-state index in [1.165, 1.54) is 12.1 Å². The minimum Gasteiger partial charge on any atom is -0.484 e. The zero-order chi connectivity index (χ0) is 13.0. The summed E-state index contributed by atoms with van der Waals surface area (Å²) in [5.41, 5.74) is 6.12. The number of benzene rings is 1. The summed E-state index contributed by atoms with van der Waals surface area (Å²) in [4.78, 5) is 4.09. The van der Waals surface area contributed by atoms with E-state index in [4.69, 9.17) is 15.0 Å². The summed E-state index contributed by atoms with van der Waals surface area (Å²) in [5, 5.41) is 3.74. The Morgan fingerprint density at radius 2 is 2.22 bits per heavy atom. The van der Waals surface area contributed by atoms with E-state index in [1.807, 2.05) is 6.92 Å². The summed E-state index contributed by atoms with van der Waals surface area (Å²) in [7, 11) is 0. The van der Waals surface area contributed by atoms with Crippen LogP contribution in [-0.2, 0) is 19.6 Å². The van der Waals surface area contributed by atoms with Gasteiger partial charge in [0.1, 0.15) is 11.6 Å². The first kappa shape index (κ1) is 12.5. The van der Waals surface area contributed by atoms with Crippen LogP contribution in [0, 0.1) is 5.82 Å². The van der Waals surface area contributed by atoms with Crippen molar-refractivity contribution in [2.24, 2.45) is 5.73 Å². The van der Waals surface area contributed by atoms with Crippen molar-refractivity contribution in [3.05, 3.63) is 41.3 Å². The fraction of sp³-hybridized carbons (Fsp3) is 0.333. The van der Waals surface area contributed by atoms with Gasteiger partial charge in [-0.3, -0.25) is 0 Å². The number of hydrogen-bond donors (Lipinski definition) is 1. The van der Waals surface area contributed by atoms with Gasteiger partial charge in [-0.15, -0.1) is 0 Å². The van der Waals surface area contributed by atoms with E-state index in [9.17, 15) is 4.39 Å². The molecule has 2 aromatic rings. The molecule has 18 heavy (non-hydrogen) atoms. The second-order valence-electron chi connectivity index (χ2n) is 3.75. The van der Waals surface area contributed by atoms with Crippen LogP contribution >= 0.6 is 0 Å². The van der Waals surface area contributed by atoms with Crippen molar-refractivity contribution in [3.8, 4) is 5.75 Å². The molecule has 0 aliphatic carbocycles. The third-order valence-electron chi connectivity index (χ3n) is 2.36. The minimum absolute atomic E-state index is 0.112. The lowest BCUT2D eigenvalue weighted by Crippen LogP contribution is -2.00. The lowest BCUT2D eigenvalue weighted by molar-refractivity contribution is 0.241. The quantitative estimate of drug-likeness (QED) is 0.877. The molecule has 0 amide bonds. The molecular formula is C12H14FN3O2. The molecule has 0 bridgehead atoms. The Kier molecular flexibility index (Phi) is 3.88. The highest BCUT2D eigenvalue weighted by molar-refractivity contribution is 5.29. The Morgan fingerprint density at radius 1 is 1.39 bits per heavy atom. The Hall–Kier alpha value is -1.95. The number of hydrogen-bond acceptors (Lipinski definition) is 5. The fourth-order valence-electron chi connectivity index (χ4n) is 1.46. The van der Waals surface area contributed by atoms with Gasteiger partial charge in [-0.2, -0.15) is 4.98 Å². The predicted molar refractivity (Wildman–Crippen MR) is 62.3 cm³/mol. The number of aromatic nitrogens is 2. The van der Waals surface area contributed by atoms with E-state index in [0.717, 1.165) is 0 Å². The van der Waals surface area contributed by atoms with Gasteiger partial charge < -0.3 is 15.0 Å². The molecule has 6 heteroatoms. The van der Waals surface area contributed by atoms with Crippen LogP contribution < -0.4 is 10.5 Å². The van der Waals surface area contributed by atoms with Gasteiger partial charge in [0.2, 0.25) is 0 Å². The first-order valence-electron chi connectivity index (χ1n) is 5.65. The molecule has 0 saturated carbocycles. The second kappa shape index (κ2) is 5.59. The average Bonchev–Trinajstić information content (AvgIpc) is 2.83. The van der Waals surface area contributed by atoms with Gasteiger partial charge in [0.25, 0.3) is 5.89 Å². The number of rotatable bonds is 5. The van der Waals surface area contributed by atoms with Gasteiger partial charge in [0.15, 0.2) is 12.4 Å². The molecule has 0 spiro atoms. The van der Waals surface area contributed by atoms with Gasteiger partial charge in [-0.25, -0.2) is 4.39 Å². The number of nitrogens with two attached hydrogens (primary N) is 1. The van der Waals surface area contributed by atoms with Crippen molar-refractivity contribution in [2.45, 2.75) is 26.5 Å².